The molecule has 7 nitrogen and oxygen atoms in total. The van der Waals surface area contributed by atoms with Gasteiger partial charge in [0, 0.05) is 42.9 Å². The van der Waals surface area contributed by atoms with Crippen molar-refractivity contribution in [1.29, 1.82) is 0 Å². The molecule has 0 saturated carbocycles. The van der Waals surface area contributed by atoms with E-state index in [4.69, 9.17) is 16.6 Å². The number of carbonyl (C=O) groups excluding carboxylic acids is 1. The third kappa shape index (κ3) is 6.00. The molecule has 2 fully saturated rings. The summed E-state index contributed by atoms with van der Waals surface area (Å²) in [4.78, 5) is 27.7. The molecule has 230 valence electrons. The number of nitrogens with zero attached hydrogens (tertiary/aromatic N) is 5. The number of nitrogens with one attached hydrogen (secondary N) is 1. The summed E-state index contributed by atoms with van der Waals surface area (Å²) in [5, 5.41) is 4.14. The number of halogens is 3. The van der Waals surface area contributed by atoms with Crippen molar-refractivity contribution in [3.63, 3.8) is 0 Å². The Morgan fingerprint density at radius 3 is 2.57 bits per heavy atom. The van der Waals surface area contributed by atoms with Crippen LogP contribution >= 0.6 is 11.6 Å². The first-order valence-electron chi connectivity index (χ1n) is 15.2. The molecule has 3 aromatic rings. The van der Waals surface area contributed by atoms with Crippen molar-refractivity contribution in [3.05, 3.63) is 94.2 Å². The zero-order valence-corrected chi connectivity index (χ0v) is 26.3. The summed E-state index contributed by atoms with van der Waals surface area (Å²) in [5.41, 5.74) is 3.59. The number of H-pyrrole nitrogens is 1. The summed E-state index contributed by atoms with van der Waals surface area (Å²) in [5.74, 6) is 0.590. The van der Waals surface area contributed by atoms with Crippen LogP contribution in [0.15, 0.2) is 77.8 Å². The van der Waals surface area contributed by atoms with Gasteiger partial charge in [0.25, 0.3) is 0 Å². The number of rotatable bonds is 4. The lowest BCUT2D eigenvalue weighted by atomic mass is 9.89. The Labute approximate surface area is 261 Å². The minimum absolute atomic E-state index is 0.00531. The van der Waals surface area contributed by atoms with Gasteiger partial charge in [0.1, 0.15) is 17.7 Å². The molecule has 2 aromatic heterocycles. The Bertz CT molecular complexity index is 1650. The maximum absolute atomic E-state index is 15.0. The fourth-order valence-corrected chi connectivity index (χ4v) is 6.48. The molecule has 2 aliphatic heterocycles. The topological polar surface area (TPSA) is 69.0 Å². The lowest BCUT2D eigenvalue weighted by Crippen LogP contribution is -2.46. The molecule has 0 bridgehead atoms. The molecule has 44 heavy (non-hydrogen) atoms. The van der Waals surface area contributed by atoms with E-state index in [1.54, 1.807) is 6.20 Å². The van der Waals surface area contributed by atoms with Crippen molar-refractivity contribution in [2.45, 2.75) is 58.2 Å². The molecule has 2 atom stereocenters. The van der Waals surface area contributed by atoms with E-state index in [0.717, 1.165) is 47.3 Å². The van der Waals surface area contributed by atoms with Crippen molar-refractivity contribution in [2.24, 2.45) is 5.92 Å². The van der Waals surface area contributed by atoms with Crippen molar-refractivity contribution >= 4 is 17.5 Å². The zero-order valence-electron chi connectivity index (χ0n) is 25.5. The normalized spacial score (nSPS) is 23.3. The van der Waals surface area contributed by atoms with Crippen molar-refractivity contribution in [2.75, 3.05) is 26.2 Å². The van der Waals surface area contributed by atoms with Crippen LogP contribution in [-0.4, -0.2) is 68.7 Å². The SMILES string of the molecule is Cc1cc(-[n+]2[nH]c(-c3ccccn3)nc2C2CCN(C(=O)C3CN(C(C)(C)C)C/C3=C3/C=CC(F)=CC3F)CC2)ccc1Cl. The van der Waals surface area contributed by atoms with Crippen LogP contribution < -0.4 is 4.68 Å². The third-order valence-corrected chi connectivity index (χ3v) is 9.40. The van der Waals surface area contributed by atoms with Gasteiger partial charge in [0.05, 0.1) is 11.8 Å². The molecule has 3 aliphatic rings. The van der Waals surface area contributed by atoms with Crippen molar-refractivity contribution in [3.8, 4) is 17.2 Å². The minimum Gasteiger partial charge on any atom is -0.342 e. The number of piperidine rings is 1. The van der Waals surface area contributed by atoms with Crippen LogP contribution in [0.2, 0.25) is 5.02 Å². The van der Waals surface area contributed by atoms with Crippen LogP contribution in [0.5, 0.6) is 0 Å². The summed E-state index contributed by atoms with van der Waals surface area (Å²) in [6.45, 7) is 10.4. The first kappa shape index (κ1) is 30.3. The lowest BCUT2D eigenvalue weighted by molar-refractivity contribution is -0.665. The van der Waals surface area contributed by atoms with Gasteiger partial charge >= 0.3 is 11.6 Å². The highest BCUT2D eigenvalue weighted by Crippen LogP contribution is 2.37. The largest absolute Gasteiger partial charge is 0.342 e. The van der Waals surface area contributed by atoms with Crippen LogP contribution in [0.4, 0.5) is 8.78 Å². The molecule has 6 rings (SSSR count). The van der Waals surface area contributed by atoms with Gasteiger partial charge < -0.3 is 4.90 Å². The molecule has 0 spiro atoms. The Balaban J connectivity index is 1.25. The fraction of sp³-hybridized carbons (Fsp3) is 0.412. The van der Waals surface area contributed by atoms with Gasteiger partial charge in [-0.15, -0.1) is 4.68 Å². The molecule has 1 aliphatic carbocycles. The predicted octanol–water partition coefficient (Wildman–Crippen LogP) is 6.20. The molecular weight excluding hydrogens is 582 g/mol. The smallest absolute Gasteiger partial charge is 0.328 e. The maximum atomic E-state index is 15.0. The number of allylic oxidation sites excluding steroid dienone is 5. The third-order valence-electron chi connectivity index (χ3n) is 8.98. The van der Waals surface area contributed by atoms with Gasteiger partial charge in [-0.3, -0.25) is 14.7 Å². The second-order valence-corrected chi connectivity index (χ2v) is 13.3. The van der Waals surface area contributed by atoms with E-state index < -0.39 is 17.9 Å². The average molecular weight is 620 g/mol. The van der Waals surface area contributed by atoms with Crippen LogP contribution in [0.25, 0.3) is 17.2 Å². The van der Waals surface area contributed by atoms with Crippen molar-refractivity contribution < 1.29 is 18.3 Å². The zero-order chi connectivity index (χ0) is 31.2. The maximum Gasteiger partial charge on any atom is 0.328 e. The Kier molecular flexibility index (Phi) is 8.28. The molecule has 1 amide bonds. The number of amides is 1. The molecule has 4 heterocycles. The van der Waals surface area contributed by atoms with E-state index in [0.29, 0.717) is 42.6 Å². The summed E-state index contributed by atoms with van der Waals surface area (Å²) in [6.07, 6.45) is 5.41. The number of aryl methyl sites for hydroxylation is 1. The molecule has 2 saturated heterocycles. The van der Waals surface area contributed by atoms with Gasteiger partial charge in [-0.25, -0.2) is 8.78 Å². The van der Waals surface area contributed by atoms with E-state index in [9.17, 15) is 9.18 Å². The standard InChI is InChI=1S/C34H37ClF2N6O/c1-21-17-24(9-11-28(21)35)43-32(39-31(40-43)30-7-5-6-14-38-30)22-12-15-41(16-13-22)33(44)27-20-42(34(2,3)4)19-26(27)25-10-8-23(36)18-29(25)37/h5-11,14,17-18,22,27,29H,12-13,15-16,19-20H2,1-4H3/p+1/b26-25+. The monoisotopic (exact) mass is 619 g/mol. The molecule has 2 unspecified atom stereocenters. The summed E-state index contributed by atoms with van der Waals surface area (Å²) in [7, 11) is 0. The predicted molar refractivity (Wildman–Crippen MR) is 167 cm³/mol. The number of aromatic amines is 1. The number of carbonyl (C=O) groups is 1. The van der Waals surface area contributed by atoms with Gasteiger partial charge in [0.15, 0.2) is 5.69 Å². The highest BCUT2D eigenvalue weighted by atomic mass is 35.5. The highest BCUT2D eigenvalue weighted by Gasteiger charge is 2.43. The molecular formula is C34H38ClF2N6O+. The number of likely N-dealkylation sites (tertiary alicyclic amines) is 2. The van der Waals surface area contributed by atoms with Gasteiger partial charge in [-0.05, 0) is 105 Å². The summed E-state index contributed by atoms with van der Waals surface area (Å²) in [6, 6.07) is 11.6. The van der Waals surface area contributed by atoms with Crippen LogP contribution in [0, 0.1) is 12.8 Å². The van der Waals surface area contributed by atoms with Crippen molar-refractivity contribution in [1.82, 2.24) is 24.9 Å². The van der Waals surface area contributed by atoms with Crippen LogP contribution in [0.1, 0.15) is 50.9 Å². The number of alkyl halides is 1. The van der Waals surface area contributed by atoms with Gasteiger partial charge in [0.2, 0.25) is 5.91 Å². The number of hydrogen-bond acceptors (Lipinski definition) is 4. The first-order valence-corrected chi connectivity index (χ1v) is 15.5. The summed E-state index contributed by atoms with van der Waals surface area (Å²) >= 11 is 6.33. The number of aromatic nitrogens is 4. The Morgan fingerprint density at radius 1 is 1.14 bits per heavy atom. The van der Waals surface area contributed by atoms with E-state index in [2.05, 4.69) is 35.8 Å². The molecule has 1 N–H and O–H groups in total. The summed E-state index contributed by atoms with van der Waals surface area (Å²) < 4.78 is 30.8. The Morgan fingerprint density at radius 2 is 1.91 bits per heavy atom. The van der Waals surface area contributed by atoms with E-state index in [1.165, 1.54) is 12.2 Å². The minimum atomic E-state index is -1.56. The average Bonchev–Trinajstić information content (AvgIpc) is 3.65. The van der Waals surface area contributed by atoms with Gasteiger partial charge in [-0.1, -0.05) is 23.7 Å². The van der Waals surface area contributed by atoms with E-state index in [1.807, 2.05) is 52.9 Å². The molecule has 0 radical (unpaired) electrons. The first-order chi connectivity index (χ1) is 21.0. The quantitative estimate of drug-likeness (QED) is 0.353. The Hall–Kier alpha value is -3.69. The highest BCUT2D eigenvalue weighted by molar-refractivity contribution is 6.31. The van der Waals surface area contributed by atoms with Gasteiger partial charge in [-0.2, -0.15) is 5.10 Å². The molecule has 1 aromatic carbocycles. The number of hydrogen-bond donors (Lipinski definition) is 1. The second-order valence-electron chi connectivity index (χ2n) is 12.9. The second kappa shape index (κ2) is 12.0. The van der Waals surface area contributed by atoms with E-state index >= 15 is 4.39 Å². The number of pyridine rings is 1. The number of benzene rings is 1. The van der Waals surface area contributed by atoms with Crippen LogP contribution in [0.3, 0.4) is 0 Å². The molecule has 10 heteroatoms. The fourth-order valence-electron chi connectivity index (χ4n) is 6.36. The van der Waals surface area contributed by atoms with E-state index in [-0.39, 0.29) is 17.4 Å². The lowest BCUT2D eigenvalue weighted by Gasteiger charge is -2.33. The van der Waals surface area contributed by atoms with Crippen LogP contribution in [-0.2, 0) is 4.79 Å².